The number of anilines is 1. The predicted molar refractivity (Wildman–Crippen MR) is 127 cm³/mol. The zero-order valence-electron chi connectivity index (χ0n) is 18.6. The van der Waals surface area contributed by atoms with Crippen molar-refractivity contribution in [1.29, 1.82) is 5.26 Å². The van der Waals surface area contributed by atoms with Crippen molar-refractivity contribution < 1.29 is 4.79 Å². The monoisotopic (exact) mass is 465 g/mol. The van der Waals surface area contributed by atoms with E-state index in [2.05, 4.69) is 16.0 Å². The number of nitrogens with one attached hydrogen (secondary N) is 1. The van der Waals surface area contributed by atoms with Gasteiger partial charge in [-0.2, -0.15) is 5.26 Å². The Hall–Kier alpha value is -3.70. The van der Waals surface area contributed by atoms with Crippen LogP contribution in [-0.4, -0.2) is 20.3 Å². The molecule has 0 atom stereocenters. The fourth-order valence-corrected chi connectivity index (χ4v) is 4.08. The van der Waals surface area contributed by atoms with Gasteiger partial charge in [-0.15, -0.1) is 0 Å². The number of pyridine rings is 1. The predicted octanol–water partition coefficient (Wildman–Crippen LogP) is 3.33. The Bertz CT molecular complexity index is 1360. The van der Waals surface area contributed by atoms with Crippen molar-refractivity contribution >= 4 is 23.2 Å². The van der Waals surface area contributed by atoms with E-state index in [9.17, 15) is 14.4 Å². The molecule has 3 rings (SSSR count). The molecule has 33 heavy (non-hydrogen) atoms. The van der Waals surface area contributed by atoms with Crippen LogP contribution in [0.15, 0.2) is 39.9 Å². The van der Waals surface area contributed by atoms with Gasteiger partial charge in [-0.1, -0.05) is 37.1 Å². The number of ketones is 1. The lowest BCUT2D eigenvalue weighted by Crippen LogP contribution is -2.38. The van der Waals surface area contributed by atoms with Crippen molar-refractivity contribution in [3.05, 3.63) is 89.8 Å². The fourth-order valence-electron chi connectivity index (χ4n) is 3.84. The standard InChI is InChI=1S/C24H24ClN5O3/c1-13(2)20-21(22(31)17-8-14(3)7-15(9-17)5-4-6-26)30(24(33)29-23(20)32)12-16-10-18(25)28-19(27)11-16/h7-11,13H,4-5,12H2,1-3H3,(H2,27,28)(H,29,32,33). The molecule has 0 aliphatic carbocycles. The van der Waals surface area contributed by atoms with Crippen molar-refractivity contribution in [3.8, 4) is 6.07 Å². The molecule has 0 aliphatic heterocycles. The number of hydrogen-bond donors (Lipinski definition) is 2. The van der Waals surface area contributed by atoms with E-state index in [1.54, 1.807) is 38.1 Å². The van der Waals surface area contributed by atoms with E-state index in [0.717, 1.165) is 11.1 Å². The van der Waals surface area contributed by atoms with Crippen molar-refractivity contribution in [3.63, 3.8) is 0 Å². The second-order valence-corrected chi connectivity index (χ2v) is 8.57. The average Bonchev–Trinajstić information content (AvgIpc) is 2.72. The summed E-state index contributed by atoms with van der Waals surface area (Å²) in [6.45, 7) is 5.39. The summed E-state index contributed by atoms with van der Waals surface area (Å²) in [5.74, 6) is -0.599. The van der Waals surface area contributed by atoms with Crippen molar-refractivity contribution in [2.45, 2.75) is 46.1 Å². The number of nitriles is 1. The number of halogens is 1. The van der Waals surface area contributed by atoms with Gasteiger partial charge in [-0.25, -0.2) is 9.78 Å². The molecule has 0 saturated carbocycles. The SMILES string of the molecule is Cc1cc(CCC#N)cc(C(=O)c2c(C(C)C)c(=O)[nH]c(=O)n2Cc2cc(N)nc(Cl)c2)c1. The second-order valence-electron chi connectivity index (χ2n) is 8.18. The lowest BCUT2D eigenvalue weighted by atomic mass is 9.94. The highest BCUT2D eigenvalue weighted by molar-refractivity contribution is 6.29. The molecule has 0 spiro atoms. The van der Waals surface area contributed by atoms with Gasteiger partial charge in [0.1, 0.15) is 16.7 Å². The Morgan fingerprint density at radius 2 is 1.94 bits per heavy atom. The van der Waals surface area contributed by atoms with Crippen LogP contribution in [0.4, 0.5) is 5.82 Å². The summed E-state index contributed by atoms with van der Waals surface area (Å²) in [5, 5.41) is 9.06. The van der Waals surface area contributed by atoms with E-state index < -0.39 is 17.0 Å². The van der Waals surface area contributed by atoms with Gasteiger partial charge >= 0.3 is 5.69 Å². The number of nitrogen functional groups attached to an aromatic ring is 1. The van der Waals surface area contributed by atoms with E-state index in [1.807, 2.05) is 13.0 Å². The maximum absolute atomic E-state index is 13.8. The van der Waals surface area contributed by atoms with Crippen LogP contribution in [0.2, 0.25) is 5.15 Å². The Kier molecular flexibility index (Phi) is 7.14. The first kappa shape index (κ1) is 24.0. The number of aromatic nitrogens is 3. The Labute approximate surface area is 195 Å². The van der Waals surface area contributed by atoms with Crippen LogP contribution in [0.1, 0.15) is 64.5 Å². The maximum atomic E-state index is 13.8. The molecule has 0 fully saturated rings. The fraction of sp³-hybridized carbons (Fsp3) is 0.292. The average molecular weight is 466 g/mol. The van der Waals surface area contributed by atoms with E-state index in [1.165, 1.54) is 4.57 Å². The molecule has 0 saturated heterocycles. The van der Waals surface area contributed by atoms with Gasteiger partial charge in [0.25, 0.3) is 5.56 Å². The number of carbonyl (C=O) groups is 1. The molecule has 9 heteroatoms. The highest BCUT2D eigenvalue weighted by Crippen LogP contribution is 2.22. The van der Waals surface area contributed by atoms with Crippen LogP contribution >= 0.6 is 11.6 Å². The number of aromatic amines is 1. The molecule has 0 unspecified atom stereocenters. The molecule has 2 aromatic heterocycles. The van der Waals surface area contributed by atoms with Gasteiger partial charge in [0.05, 0.1) is 12.6 Å². The van der Waals surface area contributed by atoms with Crippen LogP contribution < -0.4 is 17.0 Å². The van der Waals surface area contributed by atoms with Crippen molar-refractivity contribution in [1.82, 2.24) is 14.5 Å². The number of aryl methyl sites for hydroxylation is 2. The van der Waals surface area contributed by atoms with Crippen LogP contribution in [0, 0.1) is 18.3 Å². The smallest absolute Gasteiger partial charge is 0.329 e. The summed E-state index contributed by atoms with van der Waals surface area (Å²) in [7, 11) is 0. The molecular formula is C24H24ClN5O3. The summed E-state index contributed by atoms with van der Waals surface area (Å²) in [4.78, 5) is 45.6. The number of benzene rings is 1. The second kappa shape index (κ2) is 9.84. The largest absolute Gasteiger partial charge is 0.384 e. The first-order valence-corrected chi connectivity index (χ1v) is 10.8. The molecule has 3 aromatic rings. The first-order chi connectivity index (χ1) is 15.6. The van der Waals surface area contributed by atoms with Gasteiger partial charge in [0.15, 0.2) is 0 Å². The number of H-pyrrole nitrogens is 1. The van der Waals surface area contributed by atoms with Crippen LogP contribution in [-0.2, 0) is 13.0 Å². The lowest BCUT2D eigenvalue weighted by molar-refractivity contribution is 0.102. The van der Waals surface area contributed by atoms with Gasteiger partial charge < -0.3 is 5.73 Å². The molecule has 0 aliphatic rings. The van der Waals surface area contributed by atoms with Crippen LogP contribution in [0.25, 0.3) is 0 Å². The minimum Gasteiger partial charge on any atom is -0.384 e. The third-order valence-electron chi connectivity index (χ3n) is 5.17. The molecule has 170 valence electrons. The summed E-state index contributed by atoms with van der Waals surface area (Å²) in [6.07, 6.45) is 0.806. The van der Waals surface area contributed by atoms with Crippen LogP contribution in [0.3, 0.4) is 0 Å². The minimum absolute atomic E-state index is 0.0158. The number of nitrogens with two attached hydrogens (primary N) is 1. The Morgan fingerprint density at radius 3 is 2.58 bits per heavy atom. The molecule has 0 bridgehead atoms. The quantitative estimate of drug-likeness (QED) is 0.406. The van der Waals surface area contributed by atoms with E-state index >= 15 is 0 Å². The van der Waals surface area contributed by atoms with Crippen molar-refractivity contribution in [2.75, 3.05) is 5.73 Å². The molecule has 8 nitrogen and oxygen atoms in total. The summed E-state index contributed by atoms with van der Waals surface area (Å²) in [5.41, 5.74) is 7.28. The summed E-state index contributed by atoms with van der Waals surface area (Å²) < 4.78 is 1.24. The highest BCUT2D eigenvalue weighted by Gasteiger charge is 2.25. The summed E-state index contributed by atoms with van der Waals surface area (Å²) in [6, 6.07) is 10.5. The summed E-state index contributed by atoms with van der Waals surface area (Å²) >= 11 is 6.01. The zero-order chi connectivity index (χ0) is 24.3. The van der Waals surface area contributed by atoms with E-state index in [-0.39, 0.29) is 34.7 Å². The molecule has 1 aromatic carbocycles. The molecule has 3 N–H and O–H groups in total. The molecular weight excluding hydrogens is 442 g/mol. The maximum Gasteiger partial charge on any atom is 0.329 e. The zero-order valence-corrected chi connectivity index (χ0v) is 19.4. The number of rotatable bonds is 7. The molecule has 0 amide bonds. The Morgan fingerprint density at radius 1 is 1.21 bits per heavy atom. The number of hydrogen-bond acceptors (Lipinski definition) is 6. The number of nitrogens with zero attached hydrogens (tertiary/aromatic N) is 3. The van der Waals surface area contributed by atoms with Crippen LogP contribution in [0.5, 0.6) is 0 Å². The minimum atomic E-state index is -0.711. The third-order valence-corrected chi connectivity index (χ3v) is 5.36. The Balaban J connectivity index is 2.24. The normalized spacial score (nSPS) is 10.9. The molecule has 2 heterocycles. The van der Waals surface area contributed by atoms with Gasteiger partial charge in [0, 0.05) is 17.5 Å². The molecule has 0 radical (unpaired) electrons. The van der Waals surface area contributed by atoms with Gasteiger partial charge in [-0.05, 0) is 54.7 Å². The lowest BCUT2D eigenvalue weighted by Gasteiger charge is -2.18. The number of carbonyl (C=O) groups excluding carboxylic acids is 1. The van der Waals surface area contributed by atoms with E-state index in [4.69, 9.17) is 22.6 Å². The van der Waals surface area contributed by atoms with Gasteiger partial charge in [-0.3, -0.25) is 19.1 Å². The van der Waals surface area contributed by atoms with Gasteiger partial charge in [0.2, 0.25) is 5.78 Å². The topological polar surface area (TPSA) is 135 Å². The third kappa shape index (κ3) is 5.38. The first-order valence-electron chi connectivity index (χ1n) is 10.4. The van der Waals surface area contributed by atoms with Crippen molar-refractivity contribution in [2.24, 2.45) is 0 Å². The van der Waals surface area contributed by atoms with E-state index in [0.29, 0.717) is 24.0 Å². The highest BCUT2D eigenvalue weighted by atomic mass is 35.5.